The van der Waals surface area contributed by atoms with E-state index in [-0.39, 0.29) is 16.8 Å². The van der Waals surface area contributed by atoms with E-state index in [0.29, 0.717) is 11.4 Å². The second-order valence-corrected chi connectivity index (χ2v) is 9.78. The van der Waals surface area contributed by atoms with E-state index in [0.717, 1.165) is 39.8 Å². The number of alkyl halides is 3. The smallest absolute Gasteiger partial charge is 0.348 e. The highest BCUT2D eigenvalue weighted by Gasteiger charge is 2.33. The van der Waals surface area contributed by atoms with E-state index >= 15 is 0 Å². The monoisotopic (exact) mass is 561 g/mol. The van der Waals surface area contributed by atoms with Crippen molar-refractivity contribution < 1.29 is 22.8 Å². The Kier molecular flexibility index (Phi) is 7.47. The lowest BCUT2D eigenvalue weighted by molar-refractivity contribution is -0.138. The van der Waals surface area contributed by atoms with Gasteiger partial charge < -0.3 is 16.0 Å². The quantitative estimate of drug-likeness (QED) is 0.200. The molecule has 40 heavy (non-hydrogen) atoms. The number of nitrogens with one attached hydrogen (secondary N) is 3. The molecule has 2 aromatic carbocycles. The van der Waals surface area contributed by atoms with Gasteiger partial charge in [-0.15, -0.1) is 11.3 Å². The number of aromatic nitrogens is 2. The maximum atomic E-state index is 13.3. The first-order valence-electron chi connectivity index (χ1n) is 12.1. The van der Waals surface area contributed by atoms with Crippen LogP contribution in [-0.4, -0.2) is 21.8 Å². The standard InChI is InChI=1S/C29H22F3N5O2S/c1-17-6-2-4-8-23(17)36-26-24(37-28(39)21-16-40-25-9-5-3-7-20(21)25)12-18(14-34-26)27(38)35-15-19-13-33-11-10-22(19)29(30,31)32/h2-14,16H,15H2,1H3,(H,34,36)(H,35,38)(H,37,39). The number of rotatable bonds is 7. The number of hydrogen-bond donors (Lipinski definition) is 3. The summed E-state index contributed by atoms with van der Waals surface area (Å²) in [5, 5.41) is 11.1. The van der Waals surface area contributed by atoms with Crippen LogP contribution in [0.25, 0.3) is 10.1 Å². The van der Waals surface area contributed by atoms with Crippen molar-refractivity contribution in [3.63, 3.8) is 0 Å². The summed E-state index contributed by atoms with van der Waals surface area (Å²) in [5.41, 5.74) is 1.38. The van der Waals surface area contributed by atoms with Gasteiger partial charge in [0.1, 0.15) is 0 Å². The Morgan fingerprint density at radius 3 is 2.52 bits per heavy atom. The lowest BCUT2D eigenvalue weighted by Gasteiger charge is -2.16. The van der Waals surface area contributed by atoms with Crippen LogP contribution in [-0.2, 0) is 12.7 Å². The van der Waals surface area contributed by atoms with E-state index in [1.807, 2.05) is 55.5 Å². The zero-order valence-corrected chi connectivity index (χ0v) is 21.9. The Morgan fingerprint density at radius 1 is 0.950 bits per heavy atom. The first-order chi connectivity index (χ1) is 19.2. The molecule has 0 atom stereocenters. The van der Waals surface area contributed by atoms with Crippen LogP contribution in [0.3, 0.4) is 0 Å². The molecule has 5 aromatic rings. The molecule has 0 unspecified atom stereocenters. The van der Waals surface area contributed by atoms with E-state index in [9.17, 15) is 22.8 Å². The van der Waals surface area contributed by atoms with Crippen molar-refractivity contribution >= 4 is 50.4 Å². The zero-order chi connectivity index (χ0) is 28.3. The topological polar surface area (TPSA) is 96.0 Å². The number of para-hydroxylation sites is 1. The van der Waals surface area contributed by atoms with Crippen LogP contribution in [0.2, 0.25) is 0 Å². The summed E-state index contributed by atoms with van der Waals surface area (Å²) in [6, 6.07) is 17.3. The van der Waals surface area contributed by atoms with Gasteiger partial charge in [-0.1, -0.05) is 36.4 Å². The largest absolute Gasteiger partial charge is 0.416 e. The molecule has 5 rings (SSSR count). The van der Waals surface area contributed by atoms with Crippen molar-refractivity contribution in [2.45, 2.75) is 19.6 Å². The number of fused-ring (bicyclic) bond motifs is 1. The number of halogens is 3. The molecule has 11 heteroatoms. The number of benzene rings is 2. The van der Waals surface area contributed by atoms with Gasteiger partial charge in [-0.2, -0.15) is 13.2 Å². The predicted molar refractivity (Wildman–Crippen MR) is 149 cm³/mol. The summed E-state index contributed by atoms with van der Waals surface area (Å²) in [6.07, 6.45) is -1.19. The third-order valence-electron chi connectivity index (χ3n) is 6.17. The van der Waals surface area contributed by atoms with E-state index in [1.165, 1.54) is 23.6 Å². The first-order valence-corrected chi connectivity index (χ1v) is 13.0. The number of anilines is 3. The molecule has 202 valence electrons. The maximum Gasteiger partial charge on any atom is 0.416 e. The Balaban J connectivity index is 1.43. The summed E-state index contributed by atoms with van der Waals surface area (Å²) in [7, 11) is 0. The average molecular weight is 562 g/mol. The molecule has 0 aliphatic heterocycles. The van der Waals surface area contributed by atoms with Crippen molar-refractivity contribution in [3.8, 4) is 0 Å². The fraction of sp³-hybridized carbons (Fsp3) is 0.103. The third kappa shape index (κ3) is 5.79. The van der Waals surface area contributed by atoms with Gasteiger partial charge in [0.25, 0.3) is 11.8 Å². The molecule has 0 saturated heterocycles. The lowest BCUT2D eigenvalue weighted by Crippen LogP contribution is -2.25. The van der Waals surface area contributed by atoms with Crippen molar-refractivity contribution in [1.82, 2.24) is 15.3 Å². The Labute approximate surface area is 231 Å². The van der Waals surface area contributed by atoms with Gasteiger partial charge in [0.05, 0.1) is 22.4 Å². The molecule has 0 spiro atoms. The number of amides is 2. The number of carbonyl (C=O) groups excluding carboxylic acids is 2. The van der Waals surface area contributed by atoms with Crippen LogP contribution in [0.4, 0.5) is 30.4 Å². The molecule has 0 aliphatic carbocycles. The molecular weight excluding hydrogens is 539 g/mol. The number of pyridine rings is 2. The molecule has 0 saturated carbocycles. The molecule has 3 N–H and O–H groups in total. The van der Waals surface area contributed by atoms with E-state index < -0.39 is 30.1 Å². The summed E-state index contributed by atoms with van der Waals surface area (Å²) < 4.78 is 41.0. The predicted octanol–water partition coefficient (Wildman–Crippen LogP) is 6.94. The van der Waals surface area contributed by atoms with Crippen LogP contribution in [0, 0.1) is 6.92 Å². The van der Waals surface area contributed by atoms with Gasteiger partial charge in [0.15, 0.2) is 5.82 Å². The van der Waals surface area contributed by atoms with Gasteiger partial charge in [0, 0.05) is 51.9 Å². The average Bonchev–Trinajstić information content (AvgIpc) is 3.38. The molecule has 3 heterocycles. The van der Waals surface area contributed by atoms with Crippen LogP contribution in [0.5, 0.6) is 0 Å². The summed E-state index contributed by atoms with van der Waals surface area (Å²) in [4.78, 5) is 34.4. The van der Waals surface area contributed by atoms with E-state index in [2.05, 4.69) is 25.9 Å². The lowest BCUT2D eigenvalue weighted by atomic mass is 10.1. The van der Waals surface area contributed by atoms with Crippen LogP contribution >= 0.6 is 11.3 Å². The zero-order valence-electron chi connectivity index (χ0n) is 21.0. The molecular formula is C29H22F3N5O2S. The number of aryl methyl sites for hydroxylation is 1. The van der Waals surface area contributed by atoms with E-state index in [1.54, 1.807) is 5.38 Å². The highest BCUT2D eigenvalue weighted by Crippen LogP contribution is 2.32. The summed E-state index contributed by atoms with van der Waals surface area (Å²) in [6.45, 7) is 1.51. The van der Waals surface area contributed by atoms with Crippen molar-refractivity contribution in [2.24, 2.45) is 0 Å². The normalized spacial score (nSPS) is 11.3. The third-order valence-corrected chi connectivity index (χ3v) is 7.13. The Morgan fingerprint density at radius 2 is 1.73 bits per heavy atom. The molecule has 2 amide bonds. The highest BCUT2D eigenvalue weighted by molar-refractivity contribution is 7.17. The minimum Gasteiger partial charge on any atom is -0.348 e. The fourth-order valence-corrected chi connectivity index (χ4v) is 5.03. The fourth-order valence-electron chi connectivity index (χ4n) is 4.09. The molecule has 0 radical (unpaired) electrons. The van der Waals surface area contributed by atoms with Crippen LogP contribution < -0.4 is 16.0 Å². The minimum atomic E-state index is -4.59. The van der Waals surface area contributed by atoms with E-state index in [4.69, 9.17) is 0 Å². The van der Waals surface area contributed by atoms with Crippen molar-refractivity contribution in [1.29, 1.82) is 0 Å². The SMILES string of the molecule is Cc1ccccc1Nc1ncc(C(=O)NCc2cnccc2C(F)(F)F)cc1NC(=O)c1csc2ccccc12. The van der Waals surface area contributed by atoms with Gasteiger partial charge in [0.2, 0.25) is 0 Å². The highest BCUT2D eigenvalue weighted by atomic mass is 32.1. The first kappa shape index (κ1) is 26.8. The molecule has 0 bridgehead atoms. The van der Waals surface area contributed by atoms with Crippen LogP contribution in [0.1, 0.15) is 37.4 Å². The number of nitrogens with zero attached hydrogens (tertiary/aromatic N) is 2. The molecule has 3 aromatic heterocycles. The minimum absolute atomic E-state index is 0.0539. The van der Waals surface area contributed by atoms with Gasteiger partial charge >= 0.3 is 6.18 Å². The number of thiophene rings is 1. The van der Waals surface area contributed by atoms with Gasteiger partial charge in [-0.3, -0.25) is 14.6 Å². The second kappa shape index (κ2) is 11.1. The molecule has 0 fully saturated rings. The van der Waals surface area contributed by atoms with Crippen molar-refractivity contribution in [3.05, 3.63) is 112 Å². The van der Waals surface area contributed by atoms with Crippen molar-refractivity contribution in [2.75, 3.05) is 10.6 Å². The Hall–Kier alpha value is -4.77. The summed E-state index contributed by atoms with van der Waals surface area (Å²) in [5.74, 6) is -0.761. The van der Waals surface area contributed by atoms with Gasteiger partial charge in [-0.25, -0.2) is 4.98 Å². The summed E-state index contributed by atoms with van der Waals surface area (Å²) >= 11 is 1.44. The molecule has 0 aliphatic rings. The number of carbonyl (C=O) groups is 2. The maximum absolute atomic E-state index is 13.3. The van der Waals surface area contributed by atoms with Crippen LogP contribution in [0.15, 0.2) is 84.6 Å². The Bertz CT molecular complexity index is 1720. The van der Waals surface area contributed by atoms with Gasteiger partial charge in [-0.05, 0) is 36.8 Å². The second-order valence-electron chi connectivity index (χ2n) is 8.87. The number of hydrogen-bond acceptors (Lipinski definition) is 6. The molecule has 7 nitrogen and oxygen atoms in total.